The maximum atomic E-state index is 5.23. The molecule has 3 heteroatoms. The molecule has 2 nitrogen and oxygen atoms in total. The van der Waals surface area contributed by atoms with Crippen LogP contribution in [-0.2, 0) is 0 Å². The minimum absolute atomic E-state index is 0.555. The van der Waals surface area contributed by atoms with Gasteiger partial charge in [0.05, 0.1) is 0 Å². The quantitative estimate of drug-likeness (QED) is 0.508. The molecule has 0 saturated heterocycles. The predicted octanol–water partition coefficient (Wildman–Crippen LogP) is 4.57. The lowest BCUT2D eigenvalue weighted by molar-refractivity contribution is 0.618. The Morgan fingerprint density at radius 3 is 2.09 bits per heavy atom. The predicted molar refractivity (Wildman–Crippen MR) is 92.0 cm³/mol. The summed E-state index contributed by atoms with van der Waals surface area (Å²) in [6, 6.07) is 25.9. The Balaban J connectivity index is 1.80. The Hall–Kier alpha value is -2.81. The Bertz CT molecular complexity index is 767. The Kier molecular flexibility index (Phi) is 4.35. The molecule has 0 N–H and O–H groups in total. The lowest BCUT2D eigenvalue weighted by Crippen LogP contribution is -1.86. The second-order valence-corrected chi connectivity index (χ2v) is 4.83. The van der Waals surface area contributed by atoms with Crippen molar-refractivity contribution in [1.82, 2.24) is 0 Å². The normalized spacial score (nSPS) is 10.7. The molecule has 3 rings (SSSR count). The first-order chi connectivity index (χ1) is 10.9. The summed E-state index contributed by atoms with van der Waals surface area (Å²) in [5, 5.41) is 0. The molecule has 0 aliphatic heterocycles. The van der Waals surface area contributed by atoms with Crippen molar-refractivity contribution in [3.05, 3.63) is 84.4 Å². The van der Waals surface area contributed by atoms with Gasteiger partial charge in [-0.25, -0.2) is 0 Å². The van der Waals surface area contributed by atoms with Crippen LogP contribution in [0.2, 0.25) is 0 Å². The van der Waals surface area contributed by atoms with Crippen molar-refractivity contribution in [2.24, 2.45) is 4.99 Å². The number of aliphatic imine (C=N–C) groups is 1. The Labute approximate surface area is 131 Å². The maximum Gasteiger partial charge on any atom is 0.374 e. The number of rotatable bonds is 4. The van der Waals surface area contributed by atoms with Gasteiger partial charge in [-0.15, -0.1) is 0 Å². The lowest BCUT2D eigenvalue weighted by atomic mass is 10.0. The van der Waals surface area contributed by atoms with E-state index in [1.807, 2.05) is 48.5 Å². The highest BCUT2D eigenvalue weighted by molar-refractivity contribution is 6.00. The number of hydrogen-bond donors (Lipinski definition) is 0. The molecule has 0 amide bonds. The zero-order valence-electron chi connectivity index (χ0n) is 12.0. The van der Waals surface area contributed by atoms with E-state index in [2.05, 4.69) is 29.3 Å². The van der Waals surface area contributed by atoms with E-state index < -0.39 is 0 Å². The van der Waals surface area contributed by atoms with Crippen LogP contribution >= 0.6 is 0 Å². The molecule has 0 spiro atoms. The van der Waals surface area contributed by atoms with Gasteiger partial charge in [-0.1, -0.05) is 66.7 Å². The van der Waals surface area contributed by atoms with Gasteiger partial charge >= 0.3 is 8.05 Å². The third kappa shape index (κ3) is 3.26. The third-order valence-electron chi connectivity index (χ3n) is 3.36. The standard InChI is InChI=1S/C19H14BNO/c20-22-19-9-5-4-8-18(19)21-14-15-10-12-17(13-11-15)16-6-2-1-3-7-16/h1-14H. The van der Waals surface area contributed by atoms with Gasteiger partial charge in [0.1, 0.15) is 11.4 Å². The summed E-state index contributed by atoms with van der Waals surface area (Å²) in [4.78, 5) is 4.42. The van der Waals surface area contributed by atoms with Gasteiger partial charge in [-0.3, -0.25) is 4.99 Å². The second-order valence-electron chi connectivity index (χ2n) is 4.83. The van der Waals surface area contributed by atoms with Crippen molar-refractivity contribution in [2.75, 3.05) is 0 Å². The van der Waals surface area contributed by atoms with Crippen LogP contribution < -0.4 is 4.65 Å². The maximum absolute atomic E-state index is 5.23. The SMILES string of the molecule is [B]Oc1ccccc1N=Cc1ccc(-c2ccccc2)cc1. The summed E-state index contributed by atoms with van der Waals surface area (Å²) in [6.45, 7) is 0. The van der Waals surface area contributed by atoms with Crippen LogP contribution in [0.25, 0.3) is 11.1 Å². The molecule has 3 aromatic carbocycles. The van der Waals surface area contributed by atoms with Crippen molar-refractivity contribution < 1.29 is 4.65 Å². The van der Waals surface area contributed by atoms with E-state index in [0.717, 1.165) is 5.56 Å². The Morgan fingerprint density at radius 1 is 0.727 bits per heavy atom. The minimum atomic E-state index is 0.555. The van der Waals surface area contributed by atoms with E-state index in [9.17, 15) is 0 Å². The van der Waals surface area contributed by atoms with E-state index >= 15 is 0 Å². The smallest absolute Gasteiger partial charge is 0.374 e. The van der Waals surface area contributed by atoms with Crippen LogP contribution in [0, 0.1) is 0 Å². The third-order valence-corrected chi connectivity index (χ3v) is 3.36. The number of hydrogen-bond acceptors (Lipinski definition) is 2. The molecule has 0 unspecified atom stereocenters. The number of benzene rings is 3. The van der Waals surface area contributed by atoms with E-state index in [4.69, 9.17) is 12.7 Å². The van der Waals surface area contributed by atoms with Gasteiger partial charge < -0.3 is 4.65 Å². The number of para-hydroxylation sites is 2. The summed E-state index contributed by atoms with van der Waals surface area (Å²) in [5.41, 5.74) is 4.11. The highest BCUT2D eigenvalue weighted by Crippen LogP contribution is 2.26. The van der Waals surface area contributed by atoms with Gasteiger partial charge in [0, 0.05) is 6.21 Å². The molecule has 0 aliphatic carbocycles. The van der Waals surface area contributed by atoms with E-state index in [-0.39, 0.29) is 0 Å². The zero-order chi connectivity index (χ0) is 15.2. The van der Waals surface area contributed by atoms with Gasteiger partial charge in [-0.2, -0.15) is 0 Å². The van der Waals surface area contributed by atoms with Crippen molar-refractivity contribution in [1.29, 1.82) is 0 Å². The fourth-order valence-corrected chi connectivity index (χ4v) is 2.20. The molecule has 2 radical (unpaired) electrons. The highest BCUT2D eigenvalue weighted by Gasteiger charge is 1.99. The van der Waals surface area contributed by atoms with Crippen molar-refractivity contribution in [3.8, 4) is 16.9 Å². The molecule has 3 aromatic rings. The van der Waals surface area contributed by atoms with Gasteiger partial charge in [0.25, 0.3) is 0 Å². The largest absolute Gasteiger partial charge is 0.566 e. The first-order valence-corrected chi connectivity index (χ1v) is 7.02. The van der Waals surface area contributed by atoms with Crippen LogP contribution in [0.4, 0.5) is 5.69 Å². The molecule has 0 atom stereocenters. The van der Waals surface area contributed by atoms with Crippen LogP contribution in [0.1, 0.15) is 5.56 Å². The van der Waals surface area contributed by atoms with Crippen molar-refractivity contribution in [3.63, 3.8) is 0 Å². The summed E-state index contributed by atoms with van der Waals surface area (Å²) >= 11 is 0. The number of nitrogens with zero attached hydrogens (tertiary/aromatic N) is 1. The Morgan fingerprint density at radius 2 is 1.36 bits per heavy atom. The van der Waals surface area contributed by atoms with Crippen LogP contribution in [-0.4, -0.2) is 14.3 Å². The van der Waals surface area contributed by atoms with Crippen molar-refractivity contribution in [2.45, 2.75) is 0 Å². The first-order valence-electron chi connectivity index (χ1n) is 7.02. The topological polar surface area (TPSA) is 21.6 Å². The van der Waals surface area contributed by atoms with Gasteiger partial charge in [0.15, 0.2) is 0 Å². The minimum Gasteiger partial charge on any atom is -0.566 e. The van der Waals surface area contributed by atoms with Crippen molar-refractivity contribution >= 4 is 20.0 Å². The zero-order valence-corrected chi connectivity index (χ0v) is 12.0. The molecule has 0 saturated carbocycles. The second kappa shape index (κ2) is 6.77. The highest BCUT2D eigenvalue weighted by atomic mass is 16.4. The molecular formula is C19H14BNO. The lowest BCUT2D eigenvalue weighted by Gasteiger charge is -2.04. The van der Waals surface area contributed by atoms with Crippen LogP contribution in [0.3, 0.4) is 0 Å². The summed E-state index contributed by atoms with van der Waals surface area (Å²) in [7, 11) is 5.23. The van der Waals surface area contributed by atoms with E-state index in [1.165, 1.54) is 11.1 Å². The molecule has 0 aromatic heterocycles. The average Bonchev–Trinajstić information content (AvgIpc) is 2.61. The van der Waals surface area contributed by atoms with E-state index in [0.29, 0.717) is 11.4 Å². The molecular weight excluding hydrogens is 269 g/mol. The fraction of sp³-hybridized carbons (Fsp3) is 0. The fourth-order valence-electron chi connectivity index (χ4n) is 2.20. The molecule has 22 heavy (non-hydrogen) atoms. The molecule has 104 valence electrons. The van der Waals surface area contributed by atoms with Gasteiger partial charge in [-0.05, 0) is 28.8 Å². The van der Waals surface area contributed by atoms with Crippen LogP contribution in [0.15, 0.2) is 83.9 Å². The van der Waals surface area contributed by atoms with E-state index in [1.54, 1.807) is 12.3 Å². The first kappa shape index (κ1) is 14.1. The molecule has 0 heterocycles. The monoisotopic (exact) mass is 283 g/mol. The molecule has 0 bridgehead atoms. The average molecular weight is 283 g/mol. The molecule has 0 aliphatic rings. The summed E-state index contributed by atoms with van der Waals surface area (Å²) in [5.74, 6) is 0.555. The van der Waals surface area contributed by atoms with Crippen LogP contribution in [0.5, 0.6) is 5.75 Å². The summed E-state index contributed by atoms with van der Waals surface area (Å²) in [6.07, 6.45) is 1.80. The summed E-state index contributed by atoms with van der Waals surface area (Å²) < 4.78 is 4.80. The van der Waals surface area contributed by atoms with Gasteiger partial charge in [0.2, 0.25) is 0 Å². The molecule has 0 fully saturated rings.